The van der Waals surface area contributed by atoms with Crippen LogP contribution in [-0.2, 0) is 0 Å². The zero-order chi connectivity index (χ0) is 32.3. The van der Waals surface area contributed by atoms with Crippen molar-refractivity contribution in [3.63, 3.8) is 0 Å². The minimum absolute atomic E-state index is 0.882. The second-order valence-corrected chi connectivity index (χ2v) is 13.6. The summed E-state index contributed by atoms with van der Waals surface area (Å²) in [5.74, 6) is 0. The van der Waals surface area contributed by atoms with Crippen molar-refractivity contribution in [3.05, 3.63) is 176 Å². The molecule has 0 fully saturated rings. The van der Waals surface area contributed by atoms with E-state index in [9.17, 15) is 0 Å². The summed E-state index contributed by atoms with van der Waals surface area (Å²) in [5, 5.41) is 7.30. The molecule has 0 bridgehead atoms. The molecule has 10 aromatic rings. The molecule has 0 aliphatic carbocycles. The van der Waals surface area contributed by atoms with Crippen molar-refractivity contribution < 1.29 is 4.42 Å². The van der Waals surface area contributed by atoms with Crippen LogP contribution in [0.25, 0.3) is 75.1 Å². The topological polar surface area (TPSA) is 16.4 Å². The Morgan fingerprint density at radius 3 is 1.94 bits per heavy atom. The molecule has 10 rings (SSSR count). The van der Waals surface area contributed by atoms with Crippen molar-refractivity contribution in [1.29, 1.82) is 0 Å². The van der Waals surface area contributed by atoms with Crippen LogP contribution in [0.1, 0.15) is 0 Å². The molecule has 3 heteroatoms. The lowest BCUT2D eigenvalue weighted by Crippen LogP contribution is -2.10. The van der Waals surface area contributed by atoms with Crippen LogP contribution in [0.4, 0.5) is 17.1 Å². The van der Waals surface area contributed by atoms with Gasteiger partial charge < -0.3 is 9.32 Å². The van der Waals surface area contributed by atoms with Crippen LogP contribution in [0.2, 0.25) is 0 Å². The molecule has 0 spiro atoms. The van der Waals surface area contributed by atoms with Crippen molar-refractivity contribution in [2.75, 3.05) is 4.90 Å². The number of nitrogens with zero attached hydrogens (tertiary/aromatic N) is 1. The summed E-state index contributed by atoms with van der Waals surface area (Å²) in [7, 11) is 0. The van der Waals surface area contributed by atoms with Gasteiger partial charge in [0.25, 0.3) is 0 Å². The molecule has 230 valence electrons. The van der Waals surface area contributed by atoms with E-state index in [0.717, 1.165) is 39.0 Å². The number of furan rings is 1. The van der Waals surface area contributed by atoms with Crippen molar-refractivity contribution in [2.45, 2.75) is 0 Å². The fourth-order valence-corrected chi connectivity index (χ4v) is 8.36. The fraction of sp³-hybridized carbons (Fsp3) is 0. The first kappa shape index (κ1) is 27.9. The molecule has 49 heavy (non-hydrogen) atoms. The van der Waals surface area contributed by atoms with Crippen LogP contribution in [0.15, 0.2) is 180 Å². The minimum Gasteiger partial charge on any atom is -0.456 e. The second-order valence-electron chi connectivity index (χ2n) is 12.6. The Morgan fingerprint density at radius 2 is 1.04 bits per heavy atom. The predicted octanol–water partition coefficient (Wildman–Crippen LogP) is 13.9. The SMILES string of the molecule is c1cc(-c2ccc(N(c3ccc4sc5ccccc5c4c3)c3cccc4oc5ccccc5c34)cc2)cc(-c2ccc3ccccc3c2)c1. The Labute approximate surface area is 287 Å². The van der Waals surface area contributed by atoms with Gasteiger partial charge in [0.15, 0.2) is 0 Å². The highest BCUT2D eigenvalue weighted by molar-refractivity contribution is 7.25. The van der Waals surface area contributed by atoms with Gasteiger partial charge in [-0.3, -0.25) is 0 Å². The molecular weight excluding hydrogens is 615 g/mol. The molecule has 2 heterocycles. The Kier molecular flexibility index (Phi) is 6.39. The minimum atomic E-state index is 0.882. The number of benzene rings is 8. The third-order valence-electron chi connectivity index (χ3n) is 9.64. The fourth-order valence-electron chi connectivity index (χ4n) is 7.27. The summed E-state index contributed by atoms with van der Waals surface area (Å²) in [6.07, 6.45) is 0. The van der Waals surface area contributed by atoms with E-state index < -0.39 is 0 Å². The van der Waals surface area contributed by atoms with Gasteiger partial charge in [0.05, 0.1) is 11.1 Å². The van der Waals surface area contributed by atoms with Crippen LogP contribution in [0.3, 0.4) is 0 Å². The molecule has 0 saturated heterocycles. The van der Waals surface area contributed by atoms with Gasteiger partial charge in [-0.2, -0.15) is 0 Å². The van der Waals surface area contributed by atoms with Crippen molar-refractivity contribution >= 4 is 81.3 Å². The maximum absolute atomic E-state index is 6.35. The molecule has 0 aliphatic heterocycles. The van der Waals surface area contributed by atoms with Crippen LogP contribution in [0.5, 0.6) is 0 Å². The zero-order valence-corrected chi connectivity index (χ0v) is 27.3. The highest BCUT2D eigenvalue weighted by Crippen LogP contribution is 2.45. The van der Waals surface area contributed by atoms with Crippen LogP contribution in [-0.4, -0.2) is 0 Å². The lowest BCUT2D eigenvalue weighted by molar-refractivity contribution is 0.669. The van der Waals surface area contributed by atoms with E-state index in [2.05, 4.69) is 169 Å². The quantitative estimate of drug-likeness (QED) is 0.186. The number of anilines is 3. The summed E-state index contributed by atoms with van der Waals surface area (Å²) >= 11 is 1.85. The Bertz CT molecular complexity index is 2840. The maximum atomic E-state index is 6.35. The molecule has 2 aromatic heterocycles. The summed E-state index contributed by atoms with van der Waals surface area (Å²) in [6.45, 7) is 0. The van der Waals surface area contributed by atoms with Crippen LogP contribution in [0, 0.1) is 0 Å². The number of hydrogen-bond donors (Lipinski definition) is 0. The third kappa shape index (κ3) is 4.70. The zero-order valence-electron chi connectivity index (χ0n) is 26.5. The molecular formula is C46H29NOS. The molecule has 2 nitrogen and oxygen atoms in total. The summed E-state index contributed by atoms with van der Waals surface area (Å²) in [5.41, 5.74) is 9.87. The van der Waals surface area contributed by atoms with E-state index in [1.54, 1.807) is 0 Å². The van der Waals surface area contributed by atoms with E-state index in [0.29, 0.717) is 0 Å². The van der Waals surface area contributed by atoms with Crippen molar-refractivity contribution in [1.82, 2.24) is 0 Å². The molecule has 0 N–H and O–H groups in total. The number of para-hydroxylation sites is 1. The maximum Gasteiger partial charge on any atom is 0.137 e. The Morgan fingerprint density at radius 1 is 0.388 bits per heavy atom. The highest BCUT2D eigenvalue weighted by atomic mass is 32.1. The summed E-state index contributed by atoms with van der Waals surface area (Å²) in [6, 6.07) is 63.3. The molecule has 0 radical (unpaired) electrons. The molecule has 0 amide bonds. The smallest absolute Gasteiger partial charge is 0.137 e. The van der Waals surface area contributed by atoms with Gasteiger partial charge in [-0.1, -0.05) is 109 Å². The molecule has 0 aliphatic rings. The van der Waals surface area contributed by atoms with Gasteiger partial charge in [-0.15, -0.1) is 11.3 Å². The van der Waals surface area contributed by atoms with Crippen LogP contribution < -0.4 is 4.90 Å². The van der Waals surface area contributed by atoms with Crippen molar-refractivity contribution in [2.24, 2.45) is 0 Å². The van der Waals surface area contributed by atoms with E-state index in [1.807, 2.05) is 23.5 Å². The standard InChI is InChI=1S/C46H29NOS/c1-2-10-32-28-35(20-19-30(32)9-1)34-12-7-11-33(27-34)31-21-23-36(24-22-31)47(37-25-26-45-40(29-37)38-13-4-6-18-44(38)49-45)41-15-8-17-43-46(41)39-14-3-5-16-42(39)48-43/h1-29H. The van der Waals surface area contributed by atoms with Gasteiger partial charge in [-0.05, 0) is 99.8 Å². The first-order chi connectivity index (χ1) is 24.3. The molecule has 8 aromatic carbocycles. The average molecular weight is 644 g/mol. The number of rotatable bonds is 5. The molecule has 0 atom stereocenters. The van der Waals surface area contributed by atoms with Gasteiger partial charge in [0, 0.05) is 36.9 Å². The number of hydrogen-bond acceptors (Lipinski definition) is 3. The lowest BCUT2D eigenvalue weighted by atomic mass is 9.97. The van der Waals surface area contributed by atoms with Gasteiger partial charge >= 0.3 is 0 Å². The van der Waals surface area contributed by atoms with Gasteiger partial charge in [-0.25, -0.2) is 0 Å². The number of thiophene rings is 1. The number of fused-ring (bicyclic) bond motifs is 7. The highest BCUT2D eigenvalue weighted by Gasteiger charge is 2.20. The molecule has 0 unspecified atom stereocenters. The first-order valence-corrected chi connectivity index (χ1v) is 17.4. The van der Waals surface area contributed by atoms with Crippen LogP contribution >= 0.6 is 11.3 Å². The molecule has 0 saturated carbocycles. The Hall–Kier alpha value is -6.16. The van der Waals surface area contributed by atoms with E-state index in [-0.39, 0.29) is 0 Å². The van der Waals surface area contributed by atoms with E-state index >= 15 is 0 Å². The van der Waals surface area contributed by atoms with Crippen molar-refractivity contribution in [3.8, 4) is 22.3 Å². The monoisotopic (exact) mass is 643 g/mol. The second kappa shape index (κ2) is 11.2. The third-order valence-corrected chi connectivity index (χ3v) is 10.8. The first-order valence-electron chi connectivity index (χ1n) is 16.6. The lowest BCUT2D eigenvalue weighted by Gasteiger charge is -2.26. The summed E-state index contributed by atoms with van der Waals surface area (Å²) in [4.78, 5) is 2.38. The average Bonchev–Trinajstić information content (AvgIpc) is 3.74. The van der Waals surface area contributed by atoms with E-state index in [1.165, 1.54) is 53.2 Å². The largest absolute Gasteiger partial charge is 0.456 e. The summed E-state index contributed by atoms with van der Waals surface area (Å²) < 4.78 is 8.95. The van der Waals surface area contributed by atoms with Gasteiger partial charge in [0.2, 0.25) is 0 Å². The van der Waals surface area contributed by atoms with E-state index in [4.69, 9.17) is 4.42 Å². The normalized spacial score (nSPS) is 11.7. The predicted molar refractivity (Wildman–Crippen MR) is 210 cm³/mol. The Balaban J connectivity index is 1.11. The van der Waals surface area contributed by atoms with Gasteiger partial charge in [0.1, 0.15) is 11.2 Å².